The molecule has 1 N–H and O–H groups in total. The molecule has 0 amide bonds. The van der Waals surface area contributed by atoms with Crippen molar-refractivity contribution < 1.29 is 4.74 Å². The topological polar surface area (TPSA) is 34.2 Å². The summed E-state index contributed by atoms with van der Waals surface area (Å²) in [6.45, 7) is 3.74. The van der Waals surface area contributed by atoms with Crippen LogP contribution < -0.4 is 5.32 Å². The van der Waals surface area contributed by atoms with Gasteiger partial charge in [-0.15, -0.1) is 11.3 Å². The molecular weight excluding hydrogens is 256 g/mol. The largest absolute Gasteiger partial charge is 0.380 e. The monoisotopic (exact) mass is 274 g/mol. The Labute approximate surface area is 117 Å². The quantitative estimate of drug-likeness (QED) is 0.926. The Morgan fingerprint density at radius 2 is 2.37 bits per heavy atom. The lowest BCUT2D eigenvalue weighted by molar-refractivity contribution is 0.0876. The number of nitrogens with one attached hydrogen (secondary N) is 1. The van der Waals surface area contributed by atoms with Crippen molar-refractivity contribution in [2.24, 2.45) is 0 Å². The highest BCUT2D eigenvalue weighted by molar-refractivity contribution is 7.09. The van der Waals surface area contributed by atoms with Gasteiger partial charge in [-0.05, 0) is 31.9 Å². The van der Waals surface area contributed by atoms with Crippen molar-refractivity contribution in [2.45, 2.75) is 25.8 Å². The number of ether oxygens (including phenoxy) is 1. The fourth-order valence-corrected chi connectivity index (χ4v) is 2.98. The molecule has 1 atom stereocenters. The molecule has 1 aliphatic rings. The number of thiazole rings is 1. The molecule has 19 heavy (non-hydrogen) atoms. The van der Waals surface area contributed by atoms with Crippen LogP contribution in [0.3, 0.4) is 0 Å². The second kappa shape index (κ2) is 5.72. The van der Waals surface area contributed by atoms with E-state index in [0.717, 1.165) is 36.0 Å². The molecule has 0 aliphatic carbocycles. The Hall–Kier alpha value is -1.39. The van der Waals surface area contributed by atoms with Gasteiger partial charge in [0.1, 0.15) is 0 Å². The summed E-state index contributed by atoms with van der Waals surface area (Å²) in [7, 11) is 0. The van der Waals surface area contributed by atoms with Crippen LogP contribution in [0.1, 0.15) is 17.8 Å². The summed E-state index contributed by atoms with van der Waals surface area (Å²) < 4.78 is 5.50. The van der Waals surface area contributed by atoms with E-state index in [-0.39, 0.29) is 0 Å². The van der Waals surface area contributed by atoms with Crippen molar-refractivity contribution >= 4 is 17.0 Å². The Morgan fingerprint density at radius 3 is 3.11 bits per heavy atom. The van der Waals surface area contributed by atoms with Crippen molar-refractivity contribution in [3.05, 3.63) is 34.7 Å². The number of hydrogen-bond donors (Lipinski definition) is 1. The molecule has 3 rings (SSSR count). The third-order valence-electron chi connectivity index (χ3n) is 3.31. The lowest BCUT2D eigenvalue weighted by Crippen LogP contribution is -2.29. The van der Waals surface area contributed by atoms with E-state index < -0.39 is 0 Å². The summed E-state index contributed by atoms with van der Waals surface area (Å²) in [6, 6.07) is 8.90. The molecule has 1 aliphatic heterocycles. The number of hydrogen-bond acceptors (Lipinski definition) is 4. The van der Waals surface area contributed by atoms with Gasteiger partial charge in [-0.25, -0.2) is 4.98 Å². The first-order valence-corrected chi connectivity index (χ1v) is 7.56. The minimum Gasteiger partial charge on any atom is -0.380 e. The minimum atomic E-state index is 0.432. The lowest BCUT2D eigenvalue weighted by Gasteiger charge is -2.24. The predicted octanol–water partition coefficient (Wildman–Crippen LogP) is 3.71. The maximum Gasteiger partial charge on any atom is 0.0901 e. The molecule has 3 nitrogen and oxygen atoms in total. The van der Waals surface area contributed by atoms with Gasteiger partial charge in [0.25, 0.3) is 0 Å². The van der Waals surface area contributed by atoms with Gasteiger partial charge >= 0.3 is 0 Å². The van der Waals surface area contributed by atoms with E-state index in [1.54, 1.807) is 11.3 Å². The Kier molecular flexibility index (Phi) is 3.80. The van der Waals surface area contributed by atoms with Crippen molar-refractivity contribution in [3.8, 4) is 11.3 Å². The highest BCUT2D eigenvalue weighted by atomic mass is 32.1. The van der Waals surface area contributed by atoms with E-state index in [1.807, 2.05) is 6.92 Å². The van der Waals surface area contributed by atoms with E-state index in [0.29, 0.717) is 6.04 Å². The van der Waals surface area contributed by atoms with Crippen LogP contribution in [0, 0.1) is 6.92 Å². The molecular formula is C15H18N2OS. The second-order valence-corrected chi connectivity index (χ2v) is 5.95. The molecule has 100 valence electrons. The SMILES string of the molecule is Cc1nc(-c2cccc(NC3CCCOC3)c2)cs1. The highest BCUT2D eigenvalue weighted by Crippen LogP contribution is 2.25. The molecule has 2 heterocycles. The summed E-state index contributed by atoms with van der Waals surface area (Å²) in [5, 5.41) is 6.76. The Bertz CT molecular complexity index is 547. The highest BCUT2D eigenvalue weighted by Gasteiger charge is 2.13. The van der Waals surface area contributed by atoms with Gasteiger partial charge in [0.05, 0.1) is 17.3 Å². The van der Waals surface area contributed by atoms with Gasteiger partial charge in [0, 0.05) is 29.3 Å². The fraction of sp³-hybridized carbons (Fsp3) is 0.400. The van der Waals surface area contributed by atoms with Crippen LogP contribution in [0.15, 0.2) is 29.6 Å². The Balaban J connectivity index is 1.75. The number of benzene rings is 1. The van der Waals surface area contributed by atoms with E-state index in [1.165, 1.54) is 12.0 Å². The zero-order chi connectivity index (χ0) is 13.1. The second-order valence-electron chi connectivity index (χ2n) is 4.89. The maximum atomic E-state index is 5.50. The van der Waals surface area contributed by atoms with Crippen LogP contribution in [0.2, 0.25) is 0 Å². The zero-order valence-electron chi connectivity index (χ0n) is 11.1. The average Bonchev–Trinajstić information content (AvgIpc) is 2.87. The average molecular weight is 274 g/mol. The number of anilines is 1. The lowest BCUT2D eigenvalue weighted by atomic mass is 10.1. The standard InChI is InChI=1S/C15H18N2OS/c1-11-16-15(10-19-11)12-4-2-5-13(8-12)17-14-6-3-7-18-9-14/h2,4-5,8,10,14,17H,3,6-7,9H2,1H3. The van der Waals surface area contributed by atoms with Gasteiger partial charge in [-0.3, -0.25) is 0 Å². The smallest absolute Gasteiger partial charge is 0.0901 e. The molecule has 0 spiro atoms. The third kappa shape index (κ3) is 3.14. The number of aromatic nitrogens is 1. The molecule has 0 radical (unpaired) electrons. The summed E-state index contributed by atoms with van der Waals surface area (Å²) in [5.41, 5.74) is 3.38. The van der Waals surface area contributed by atoms with Gasteiger partial charge in [0.2, 0.25) is 0 Å². The van der Waals surface area contributed by atoms with E-state index in [2.05, 4.69) is 39.9 Å². The van der Waals surface area contributed by atoms with Crippen molar-refractivity contribution in [1.29, 1.82) is 0 Å². The maximum absolute atomic E-state index is 5.50. The Morgan fingerprint density at radius 1 is 1.42 bits per heavy atom. The van der Waals surface area contributed by atoms with Crippen LogP contribution in [0.4, 0.5) is 5.69 Å². The predicted molar refractivity (Wildman–Crippen MR) is 79.8 cm³/mol. The number of aryl methyl sites for hydroxylation is 1. The van der Waals surface area contributed by atoms with Gasteiger partial charge in [-0.2, -0.15) is 0 Å². The first-order valence-electron chi connectivity index (χ1n) is 6.68. The van der Waals surface area contributed by atoms with Gasteiger partial charge < -0.3 is 10.1 Å². The molecule has 1 aromatic carbocycles. The van der Waals surface area contributed by atoms with Crippen molar-refractivity contribution in [1.82, 2.24) is 4.98 Å². The van der Waals surface area contributed by atoms with Crippen molar-refractivity contribution in [2.75, 3.05) is 18.5 Å². The molecule has 4 heteroatoms. The van der Waals surface area contributed by atoms with Gasteiger partial charge in [0.15, 0.2) is 0 Å². The van der Waals surface area contributed by atoms with E-state index in [9.17, 15) is 0 Å². The first kappa shape index (κ1) is 12.6. The van der Waals surface area contributed by atoms with Crippen LogP contribution in [0.25, 0.3) is 11.3 Å². The van der Waals surface area contributed by atoms with Crippen LogP contribution in [-0.4, -0.2) is 24.2 Å². The normalized spacial score (nSPS) is 19.3. The van der Waals surface area contributed by atoms with Crippen LogP contribution >= 0.6 is 11.3 Å². The molecule has 2 aromatic rings. The molecule has 1 fully saturated rings. The van der Waals surface area contributed by atoms with Gasteiger partial charge in [-0.1, -0.05) is 12.1 Å². The summed E-state index contributed by atoms with van der Waals surface area (Å²) >= 11 is 1.69. The summed E-state index contributed by atoms with van der Waals surface area (Å²) in [5.74, 6) is 0. The van der Waals surface area contributed by atoms with E-state index >= 15 is 0 Å². The van der Waals surface area contributed by atoms with E-state index in [4.69, 9.17) is 4.74 Å². The molecule has 0 saturated carbocycles. The van der Waals surface area contributed by atoms with Crippen LogP contribution in [-0.2, 0) is 4.74 Å². The van der Waals surface area contributed by atoms with Crippen molar-refractivity contribution in [3.63, 3.8) is 0 Å². The third-order valence-corrected chi connectivity index (χ3v) is 4.08. The zero-order valence-corrected chi connectivity index (χ0v) is 11.9. The summed E-state index contributed by atoms with van der Waals surface area (Å²) in [4.78, 5) is 4.53. The molecule has 1 aromatic heterocycles. The summed E-state index contributed by atoms with van der Waals surface area (Å²) in [6.07, 6.45) is 2.32. The molecule has 1 saturated heterocycles. The van der Waals surface area contributed by atoms with Crippen LogP contribution in [0.5, 0.6) is 0 Å². The number of nitrogens with zero attached hydrogens (tertiary/aromatic N) is 1. The molecule has 0 bridgehead atoms. The molecule has 1 unspecified atom stereocenters. The minimum absolute atomic E-state index is 0.432. The number of rotatable bonds is 3. The first-order chi connectivity index (χ1) is 9.31. The fourth-order valence-electron chi connectivity index (χ4n) is 2.35.